The van der Waals surface area contributed by atoms with Crippen molar-refractivity contribution in [3.63, 3.8) is 0 Å². The second-order valence-electron chi connectivity index (χ2n) is 17.7. The number of hydrogen-bond donors (Lipinski definition) is 0. The number of quaternary nitrogens is 1. The van der Waals surface area contributed by atoms with Gasteiger partial charge in [-0.1, -0.05) is 164 Å². The molecule has 0 N–H and O–H groups in total. The third-order valence-corrected chi connectivity index (χ3v) is 10.9. The van der Waals surface area contributed by atoms with Crippen molar-refractivity contribution in [3.05, 3.63) is 60.8 Å². The highest BCUT2D eigenvalue weighted by Gasteiger charge is 2.25. The zero-order chi connectivity index (χ0) is 44.9. The number of allylic oxidation sites excluding steroid dienone is 10. The molecule has 0 aliphatic carbocycles. The van der Waals surface area contributed by atoms with Crippen LogP contribution in [0.25, 0.3) is 0 Å². The van der Waals surface area contributed by atoms with Crippen LogP contribution < -0.4 is 5.11 Å². The Kier molecular flexibility index (Phi) is 41.5. The van der Waals surface area contributed by atoms with Crippen LogP contribution in [-0.4, -0.2) is 75.5 Å². The standard InChI is InChI=1S/C53H93NO7/c1-6-8-10-12-14-16-18-20-22-24-25-26-27-28-30-32-34-36-38-40-42-44-52(56)61-49(47-59-46-45-50(53(57)58)54(3,4)5)48-60-51(55)43-41-39-37-35-33-31-29-23-21-19-17-15-13-11-9-7-2/h14,16,20,22-23,25-26,28-30,49-50H,6-13,15,17-19,21,24,27,31-48H2,1-5H3/b16-14+,22-20+,26-25+,29-23+,30-28+. The van der Waals surface area contributed by atoms with Crippen molar-refractivity contribution in [2.45, 2.75) is 219 Å². The molecule has 0 heterocycles. The minimum Gasteiger partial charge on any atom is -0.544 e. The van der Waals surface area contributed by atoms with Gasteiger partial charge in [0.15, 0.2) is 6.10 Å². The highest BCUT2D eigenvalue weighted by Crippen LogP contribution is 2.14. The summed E-state index contributed by atoms with van der Waals surface area (Å²) in [5.74, 6) is -1.77. The molecule has 2 unspecified atom stereocenters. The first-order valence-corrected chi connectivity index (χ1v) is 24.8. The molecule has 8 heteroatoms. The van der Waals surface area contributed by atoms with E-state index >= 15 is 0 Å². The van der Waals surface area contributed by atoms with Crippen LogP contribution in [0.2, 0.25) is 0 Å². The Bertz CT molecular complexity index is 1180. The average molecular weight is 856 g/mol. The monoisotopic (exact) mass is 856 g/mol. The van der Waals surface area contributed by atoms with Gasteiger partial charge in [0, 0.05) is 19.3 Å². The predicted octanol–water partition coefficient (Wildman–Crippen LogP) is 12.8. The molecule has 0 aromatic heterocycles. The van der Waals surface area contributed by atoms with Gasteiger partial charge in [-0.05, 0) is 83.5 Å². The summed E-state index contributed by atoms with van der Waals surface area (Å²) in [6, 6.07) is -0.733. The molecule has 0 spiro atoms. The second kappa shape index (κ2) is 43.7. The smallest absolute Gasteiger partial charge is 0.306 e. The zero-order valence-corrected chi connectivity index (χ0v) is 40.1. The second-order valence-corrected chi connectivity index (χ2v) is 17.7. The normalized spacial score (nSPS) is 13.4. The number of unbranched alkanes of at least 4 members (excludes halogenated alkanes) is 20. The van der Waals surface area contributed by atoms with E-state index < -0.39 is 18.1 Å². The van der Waals surface area contributed by atoms with Crippen LogP contribution in [0.3, 0.4) is 0 Å². The summed E-state index contributed by atoms with van der Waals surface area (Å²) in [5.41, 5.74) is 0. The van der Waals surface area contributed by atoms with E-state index in [9.17, 15) is 19.5 Å². The largest absolute Gasteiger partial charge is 0.544 e. The van der Waals surface area contributed by atoms with E-state index in [4.69, 9.17) is 14.2 Å². The van der Waals surface area contributed by atoms with Gasteiger partial charge in [-0.2, -0.15) is 0 Å². The maximum Gasteiger partial charge on any atom is 0.306 e. The molecule has 2 atom stereocenters. The van der Waals surface area contributed by atoms with Gasteiger partial charge >= 0.3 is 11.9 Å². The van der Waals surface area contributed by atoms with Crippen molar-refractivity contribution in [3.8, 4) is 0 Å². The molecule has 0 aromatic rings. The Morgan fingerprint density at radius 2 is 0.869 bits per heavy atom. The number of ether oxygens (including phenoxy) is 3. The van der Waals surface area contributed by atoms with E-state index in [0.717, 1.165) is 89.9 Å². The van der Waals surface area contributed by atoms with Crippen molar-refractivity contribution in [2.75, 3.05) is 41.0 Å². The number of carboxylic acid groups (broad SMARTS) is 1. The summed E-state index contributed by atoms with van der Waals surface area (Å²) >= 11 is 0. The summed E-state index contributed by atoms with van der Waals surface area (Å²) in [5, 5.41) is 11.7. The van der Waals surface area contributed by atoms with Gasteiger partial charge in [0.1, 0.15) is 12.6 Å². The summed E-state index contributed by atoms with van der Waals surface area (Å²) in [6.45, 7) is 4.61. The van der Waals surface area contributed by atoms with E-state index in [2.05, 4.69) is 74.6 Å². The summed E-state index contributed by atoms with van der Waals surface area (Å²) in [7, 11) is 5.40. The molecule has 61 heavy (non-hydrogen) atoms. The number of carbonyl (C=O) groups excluding carboxylic acids is 3. The van der Waals surface area contributed by atoms with E-state index in [1.807, 2.05) is 0 Å². The van der Waals surface area contributed by atoms with E-state index in [-0.39, 0.29) is 42.7 Å². The lowest BCUT2D eigenvalue weighted by Gasteiger charge is -2.34. The number of carboxylic acids is 1. The molecular weight excluding hydrogens is 763 g/mol. The van der Waals surface area contributed by atoms with E-state index in [0.29, 0.717) is 12.8 Å². The first-order chi connectivity index (χ1) is 29.6. The Labute approximate surface area is 375 Å². The maximum absolute atomic E-state index is 12.8. The fraction of sp³-hybridized carbons (Fsp3) is 0.755. The van der Waals surface area contributed by atoms with Crippen molar-refractivity contribution >= 4 is 17.9 Å². The summed E-state index contributed by atoms with van der Waals surface area (Å²) in [6.07, 6.45) is 53.8. The summed E-state index contributed by atoms with van der Waals surface area (Å²) in [4.78, 5) is 37.0. The minimum absolute atomic E-state index is 0.0287. The third-order valence-electron chi connectivity index (χ3n) is 10.9. The zero-order valence-electron chi connectivity index (χ0n) is 40.1. The SMILES string of the molecule is CCCCC/C=C/C/C=C/C/C=C/C/C=C/CCCCCCCC(=O)OC(COCCC(C(=O)[O-])[N+](C)(C)C)COC(=O)CCCCCCC/C=C/CCCCCCCCC. The number of carbonyl (C=O) groups is 3. The number of aliphatic carboxylic acids is 1. The fourth-order valence-electron chi connectivity index (χ4n) is 6.99. The Morgan fingerprint density at radius 1 is 0.492 bits per heavy atom. The maximum atomic E-state index is 12.8. The van der Waals surface area contributed by atoms with Crippen LogP contribution in [0.5, 0.6) is 0 Å². The molecule has 0 rings (SSSR count). The Balaban J connectivity index is 4.34. The van der Waals surface area contributed by atoms with Crippen LogP contribution in [-0.2, 0) is 28.6 Å². The Morgan fingerprint density at radius 3 is 1.33 bits per heavy atom. The molecule has 0 aliphatic heterocycles. The number of esters is 2. The molecule has 0 amide bonds. The van der Waals surface area contributed by atoms with Gasteiger partial charge < -0.3 is 28.6 Å². The molecule has 0 bridgehead atoms. The number of rotatable bonds is 44. The third kappa shape index (κ3) is 42.1. The molecule has 0 saturated carbocycles. The molecule has 0 aromatic carbocycles. The predicted molar refractivity (Wildman–Crippen MR) is 254 cm³/mol. The van der Waals surface area contributed by atoms with E-state index in [1.54, 1.807) is 21.1 Å². The van der Waals surface area contributed by atoms with Crippen molar-refractivity contribution in [2.24, 2.45) is 0 Å². The lowest BCUT2D eigenvalue weighted by atomic mass is 10.1. The van der Waals surface area contributed by atoms with Crippen LogP contribution in [0.1, 0.15) is 206 Å². The molecule has 0 fully saturated rings. The lowest BCUT2D eigenvalue weighted by molar-refractivity contribution is -0.889. The first kappa shape index (κ1) is 58.0. The summed E-state index contributed by atoms with van der Waals surface area (Å²) < 4.78 is 17.2. The van der Waals surface area contributed by atoms with Gasteiger partial charge in [0.25, 0.3) is 0 Å². The Hall–Kier alpha value is -2.97. The quantitative estimate of drug-likeness (QED) is 0.0260. The van der Waals surface area contributed by atoms with Crippen molar-refractivity contribution in [1.29, 1.82) is 0 Å². The van der Waals surface area contributed by atoms with Crippen LogP contribution in [0.4, 0.5) is 0 Å². The molecule has 352 valence electrons. The van der Waals surface area contributed by atoms with Gasteiger partial charge in [-0.3, -0.25) is 9.59 Å². The molecule has 0 aliphatic rings. The molecular formula is C53H93NO7. The average Bonchev–Trinajstić information content (AvgIpc) is 3.22. The fourth-order valence-corrected chi connectivity index (χ4v) is 6.99. The van der Waals surface area contributed by atoms with Gasteiger partial charge in [0.05, 0.1) is 40.3 Å². The lowest BCUT2D eigenvalue weighted by Crippen LogP contribution is -2.55. The minimum atomic E-state index is -1.13. The van der Waals surface area contributed by atoms with Crippen molar-refractivity contribution < 1.29 is 38.2 Å². The van der Waals surface area contributed by atoms with Crippen LogP contribution in [0.15, 0.2) is 60.8 Å². The van der Waals surface area contributed by atoms with Crippen molar-refractivity contribution in [1.82, 2.24) is 0 Å². The first-order valence-electron chi connectivity index (χ1n) is 24.8. The molecule has 0 radical (unpaired) electrons. The number of hydrogen-bond acceptors (Lipinski definition) is 7. The van der Waals surface area contributed by atoms with Crippen LogP contribution >= 0.6 is 0 Å². The highest BCUT2D eigenvalue weighted by atomic mass is 16.6. The number of nitrogens with zero attached hydrogens (tertiary/aromatic N) is 1. The molecule has 0 saturated heterocycles. The van der Waals surface area contributed by atoms with Gasteiger partial charge in [-0.25, -0.2) is 0 Å². The van der Waals surface area contributed by atoms with Crippen LogP contribution in [0, 0.1) is 0 Å². The number of likely N-dealkylation sites (N-methyl/N-ethyl adjacent to an activating group) is 1. The van der Waals surface area contributed by atoms with Gasteiger partial charge in [-0.15, -0.1) is 0 Å². The van der Waals surface area contributed by atoms with E-state index in [1.165, 1.54) is 83.5 Å². The highest BCUT2D eigenvalue weighted by molar-refractivity contribution is 5.70. The molecule has 8 nitrogen and oxygen atoms in total. The topological polar surface area (TPSA) is 102 Å². The van der Waals surface area contributed by atoms with Gasteiger partial charge in [0.2, 0.25) is 0 Å².